The topological polar surface area (TPSA) is 34.0 Å². The summed E-state index contributed by atoms with van der Waals surface area (Å²) in [5, 5.41) is 3.31. The van der Waals surface area contributed by atoms with Crippen LogP contribution < -0.4 is 5.32 Å². The second-order valence-electron chi connectivity index (χ2n) is 6.53. The van der Waals surface area contributed by atoms with Crippen LogP contribution in [-0.2, 0) is 11.2 Å². The lowest BCUT2D eigenvalue weighted by Crippen LogP contribution is -2.40. The molecule has 1 aliphatic rings. The summed E-state index contributed by atoms with van der Waals surface area (Å²) in [6, 6.07) is 14.4. The standard InChI is InChI=1S/C20H26N2O/c23-20(21-18-12-6-1-2-7-13-18)19(22-14-8-9-15-22)16-17-10-4-3-5-11-17/h3-5,8-11,14-15,18-19H,1-2,6-7,12-13,16H2,(H,21,23)/t19-/m0/s1. The molecular formula is C20H26N2O. The minimum Gasteiger partial charge on any atom is -0.352 e. The van der Waals surface area contributed by atoms with Gasteiger partial charge in [-0.3, -0.25) is 4.79 Å². The van der Waals surface area contributed by atoms with E-state index in [1.165, 1.54) is 31.2 Å². The van der Waals surface area contributed by atoms with Crippen LogP contribution in [0.1, 0.15) is 50.1 Å². The molecule has 1 aliphatic carbocycles. The van der Waals surface area contributed by atoms with Crippen LogP contribution in [0.2, 0.25) is 0 Å². The predicted molar refractivity (Wildman–Crippen MR) is 93.2 cm³/mol. The molecular weight excluding hydrogens is 284 g/mol. The molecule has 3 nitrogen and oxygen atoms in total. The van der Waals surface area contributed by atoms with E-state index in [9.17, 15) is 4.79 Å². The summed E-state index contributed by atoms with van der Waals surface area (Å²) in [7, 11) is 0. The molecule has 0 radical (unpaired) electrons. The lowest BCUT2D eigenvalue weighted by molar-refractivity contribution is -0.125. The van der Waals surface area contributed by atoms with Gasteiger partial charge < -0.3 is 9.88 Å². The first kappa shape index (κ1) is 15.9. The molecule has 23 heavy (non-hydrogen) atoms. The number of carbonyl (C=O) groups is 1. The average Bonchev–Trinajstić information content (AvgIpc) is 2.98. The molecule has 1 N–H and O–H groups in total. The average molecular weight is 310 g/mol. The maximum absolute atomic E-state index is 12.9. The maximum atomic E-state index is 12.9. The third kappa shape index (κ3) is 4.47. The Balaban J connectivity index is 1.71. The molecule has 1 saturated carbocycles. The van der Waals surface area contributed by atoms with Crippen LogP contribution in [0.5, 0.6) is 0 Å². The summed E-state index contributed by atoms with van der Waals surface area (Å²) in [5.41, 5.74) is 1.20. The van der Waals surface area contributed by atoms with Crippen molar-refractivity contribution in [3.8, 4) is 0 Å². The van der Waals surface area contributed by atoms with Gasteiger partial charge in [-0.2, -0.15) is 0 Å². The SMILES string of the molecule is O=C(NC1CCCCCC1)[C@H](Cc1ccccc1)n1cccc1. The summed E-state index contributed by atoms with van der Waals surface area (Å²) >= 11 is 0. The van der Waals surface area contributed by atoms with Crippen LogP contribution in [0.15, 0.2) is 54.9 Å². The van der Waals surface area contributed by atoms with Crippen LogP contribution >= 0.6 is 0 Å². The van der Waals surface area contributed by atoms with E-state index in [1.54, 1.807) is 0 Å². The number of rotatable bonds is 5. The Labute approximate surface area is 138 Å². The van der Waals surface area contributed by atoms with Crippen molar-refractivity contribution >= 4 is 5.91 Å². The fourth-order valence-corrected chi connectivity index (χ4v) is 3.45. The maximum Gasteiger partial charge on any atom is 0.243 e. The number of benzene rings is 1. The van der Waals surface area contributed by atoms with Crippen molar-refractivity contribution < 1.29 is 4.79 Å². The van der Waals surface area contributed by atoms with Crippen LogP contribution in [0.25, 0.3) is 0 Å². The Morgan fingerprint density at radius 1 is 1.00 bits per heavy atom. The van der Waals surface area contributed by atoms with E-state index in [1.807, 2.05) is 47.3 Å². The molecule has 0 unspecified atom stereocenters. The Hall–Kier alpha value is -2.03. The molecule has 1 aromatic heterocycles. The van der Waals surface area contributed by atoms with Crippen molar-refractivity contribution in [2.45, 2.75) is 57.0 Å². The summed E-state index contributed by atoms with van der Waals surface area (Å²) in [4.78, 5) is 12.9. The highest BCUT2D eigenvalue weighted by molar-refractivity contribution is 5.81. The van der Waals surface area contributed by atoms with E-state index in [4.69, 9.17) is 0 Å². The van der Waals surface area contributed by atoms with Crippen molar-refractivity contribution in [2.24, 2.45) is 0 Å². The summed E-state index contributed by atoms with van der Waals surface area (Å²) in [5.74, 6) is 0.150. The van der Waals surface area contributed by atoms with E-state index < -0.39 is 0 Å². The van der Waals surface area contributed by atoms with Crippen LogP contribution in [0, 0.1) is 0 Å². The highest BCUT2D eigenvalue weighted by Gasteiger charge is 2.23. The first-order valence-electron chi connectivity index (χ1n) is 8.80. The summed E-state index contributed by atoms with van der Waals surface area (Å²) < 4.78 is 2.03. The molecule has 0 saturated heterocycles. The second-order valence-corrected chi connectivity index (χ2v) is 6.53. The minimum atomic E-state index is -0.171. The number of nitrogens with one attached hydrogen (secondary N) is 1. The molecule has 1 atom stereocenters. The fraction of sp³-hybridized carbons (Fsp3) is 0.450. The van der Waals surface area contributed by atoms with E-state index in [-0.39, 0.29) is 11.9 Å². The van der Waals surface area contributed by atoms with Crippen LogP contribution in [-0.4, -0.2) is 16.5 Å². The number of hydrogen-bond acceptors (Lipinski definition) is 1. The van der Waals surface area contributed by atoms with Gasteiger partial charge in [0, 0.05) is 24.9 Å². The van der Waals surface area contributed by atoms with E-state index >= 15 is 0 Å². The van der Waals surface area contributed by atoms with Crippen molar-refractivity contribution in [1.29, 1.82) is 0 Å². The monoisotopic (exact) mass is 310 g/mol. The quantitative estimate of drug-likeness (QED) is 0.829. The highest BCUT2D eigenvalue weighted by atomic mass is 16.2. The molecule has 3 heteroatoms. The molecule has 1 heterocycles. The molecule has 1 amide bonds. The molecule has 122 valence electrons. The van der Waals surface area contributed by atoms with Crippen LogP contribution in [0.4, 0.5) is 0 Å². The lowest BCUT2D eigenvalue weighted by Gasteiger charge is -2.23. The van der Waals surface area contributed by atoms with Gasteiger partial charge in [0.15, 0.2) is 0 Å². The van der Waals surface area contributed by atoms with E-state index in [0.717, 1.165) is 19.3 Å². The molecule has 1 aromatic carbocycles. The predicted octanol–water partition coefficient (Wildman–Crippen LogP) is 4.11. The van der Waals surface area contributed by atoms with Crippen molar-refractivity contribution in [3.63, 3.8) is 0 Å². The number of nitrogens with zero attached hydrogens (tertiary/aromatic N) is 1. The first-order chi connectivity index (χ1) is 11.3. The first-order valence-corrected chi connectivity index (χ1v) is 8.80. The Kier molecular flexibility index (Phi) is 5.51. The molecule has 1 fully saturated rings. The molecule has 0 spiro atoms. The van der Waals surface area contributed by atoms with Crippen LogP contribution in [0.3, 0.4) is 0 Å². The summed E-state index contributed by atoms with van der Waals surface area (Å²) in [6.45, 7) is 0. The Morgan fingerprint density at radius 3 is 2.30 bits per heavy atom. The number of amides is 1. The van der Waals surface area contributed by atoms with Gasteiger partial charge in [0.05, 0.1) is 0 Å². The lowest BCUT2D eigenvalue weighted by atomic mass is 10.0. The third-order valence-corrected chi connectivity index (χ3v) is 4.76. The number of aromatic nitrogens is 1. The van der Waals surface area contributed by atoms with Crippen molar-refractivity contribution in [1.82, 2.24) is 9.88 Å². The fourth-order valence-electron chi connectivity index (χ4n) is 3.45. The minimum absolute atomic E-state index is 0.150. The van der Waals surface area contributed by atoms with E-state index in [0.29, 0.717) is 6.04 Å². The van der Waals surface area contributed by atoms with Crippen molar-refractivity contribution in [2.75, 3.05) is 0 Å². The smallest absolute Gasteiger partial charge is 0.243 e. The Morgan fingerprint density at radius 2 is 1.65 bits per heavy atom. The number of carbonyl (C=O) groups excluding carboxylic acids is 1. The highest BCUT2D eigenvalue weighted by Crippen LogP contribution is 2.20. The molecule has 0 bridgehead atoms. The van der Waals surface area contributed by atoms with Gasteiger partial charge in [0.2, 0.25) is 5.91 Å². The van der Waals surface area contributed by atoms with Gasteiger partial charge in [-0.05, 0) is 30.5 Å². The Bertz CT molecular complexity index is 583. The zero-order chi connectivity index (χ0) is 15.9. The van der Waals surface area contributed by atoms with E-state index in [2.05, 4.69) is 17.4 Å². The third-order valence-electron chi connectivity index (χ3n) is 4.76. The molecule has 3 rings (SSSR count). The van der Waals surface area contributed by atoms with Gasteiger partial charge in [-0.25, -0.2) is 0 Å². The summed E-state index contributed by atoms with van der Waals surface area (Å²) in [6.07, 6.45) is 12.0. The van der Waals surface area contributed by atoms with Gasteiger partial charge in [0.1, 0.15) is 6.04 Å². The van der Waals surface area contributed by atoms with Gasteiger partial charge in [-0.15, -0.1) is 0 Å². The normalized spacial score (nSPS) is 17.4. The molecule has 0 aliphatic heterocycles. The van der Waals surface area contributed by atoms with Gasteiger partial charge in [-0.1, -0.05) is 56.0 Å². The largest absolute Gasteiger partial charge is 0.352 e. The van der Waals surface area contributed by atoms with Crippen molar-refractivity contribution in [3.05, 3.63) is 60.4 Å². The molecule has 2 aromatic rings. The number of hydrogen-bond donors (Lipinski definition) is 1. The van der Waals surface area contributed by atoms with Gasteiger partial charge in [0.25, 0.3) is 0 Å². The zero-order valence-electron chi connectivity index (χ0n) is 13.7. The second kappa shape index (κ2) is 8.00. The van der Waals surface area contributed by atoms with Gasteiger partial charge >= 0.3 is 0 Å². The zero-order valence-corrected chi connectivity index (χ0v) is 13.7.